The number of carboxylic acids is 1. The van der Waals surface area contributed by atoms with Crippen molar-refractivity contribution < 1.29 is 18.3 Å². The van der Waals surface area contributed by atoms with Gasteiger partial charge in [0.05, 0.1) is 4.90 Å². The van der Waals surface area contributed by atoms with Crippen molar-refractivity contribution in [1.29, 1.82) is 0 Å². The van der Waals surface area contributed by atoms with Crippen LogP contribution in [0.2, 0.25) is 5.02 Å². The van der Waals surface area contributed by atoms with Crippen molar-refractivity contribution in [2.75, 3.05) is 31.1 Å². The SMILES string of the molecule is O=C(O)c1c[nH]c2ccc(S(=O)(=O)N3CCN(c4cccc(Cl)c4)CC3)cc2c1=O. The molecule has 8 nitrogen and oxygen atoms in total. The number of carbonyl (C=O) groups is 1. The smallest absolute Gasteiger partial charge is 0.341 e. The van der Waals surface area contributed by atoms with Gasteiger partial charge in [0.1, 0.15) is 5.56 Å². The van der Waals surface area contributed by atoms with Gasteiger partial charge in [-0.2, -0.15) is 4.31 Å². The van der Waals surface area contributed by atoms with Gasteiger partial charge in [0.2, 0.25) is 15.5 Å². The van der Waals surface area contributed by atoms with E-state index in [2.05, 4.69) is 9.88 Å². The number of anilines is 1. The zero-order valence-electron chi connectivity index (χ0n) is 15.7. The van der Waals surface area contributed by atoms with Gasteiger partial charge >= 0.3 is 5.97 Å². The molecule has 0 amide bonds. The lowest BCUT2D eigenvalue weighted by Gasteiger charge is -2.35. The summed E-state index contributed by atoms with van der Waals surface area (Å²) in [6, 6.07) is 11.5. The van der Waals surface area contributed by atoms with Crippen LogP contribution in [0.4, 0.5) is 5.69 Å². The van der Waals surface area contributed by atoms with Crippen LogP contribution in [0.15, 0.2) is 58.4 Å². The largest absolute Gasteiger partial charge is 0.477 e. The molecule has 156 valence electrons. The Balaban J connectivity index is 1.61. The first kappa shape index (κ1) is 20.4. The Labute approximate surface area is 177 Å². The molecular formula is C20H18ClN3O5S. The monoisotopic (exact) mass is 447 g/mol. The van der Waals surface area contributed by atoms with Crippen LogP contribution in [-0.2, 0) is 10.0 Å². The maximum absolute atomic E-state index is 13.1. The van der Waals surface area contributed by atoms with E-state index in [-0.39, 0.29) is 23.4 Å². The number of carboxylic acid groups (broad SMARTS) is 1. The lowest BCUT2D eigenvalue weighted by Crippen LogP contribution is -2.48. The number of rotatable bonds is 4. The molecule has 4 rings (SSSR count). The molecule has 1 aliphatic heterocycles. The summed E-state index contributed by atoms with van der Waals surface area (Å²) in [5, 5.41) is 9.77. The summed E-state index contributed by atoms with van der Waals surface area (Å²) in [4.78, 5) is 28.4. The molecule has 1 aliphatic rings. The number of halogens is 1. The van der Waals surface area contributed by atoms with Gasteiger partial charge in [-0.15, -0.1) is 0 Å². The quantitative estimate of drug-likeness (QED) is 0.635. The first-order valence-electron chi connectivity index (χ1n) is 9.17. The molecule has 1 fully saturated rings. The summed E-state index contributed by atoms with van der Waals surface area (Å²) in [6.07, 6.45) is 1.11. The van der Waals surface area contributed by atoms with Crippen LogP contribution in [0, 0.1) is 0 Å². The van der Waals surface area contributed by atoms with Gasteiger partial charge in [-0.05, 0) is 36.4 Å². The lowest BCUT2D eigenvalue weighted by molar-refractivity contribution is 0.0695. The Hall–Kier alpha value is -2.88. The fourth-order valence-corrected chi connectivity index (χ4v) is 5.16. The second-order valence-corrected chi connectivity index (χ2v) is 9.29. The third-order valence-corrected chi connectivity index (χ3v) is 7.26. The molecule has 2 heterocycles. The van der Waals surface area contributed by atoms with Gasteiger partial charge in [0, 0.05) is 54.0 Å². The second-order valence-electron chi connectivity index (χ2n) is 6.92. The Kier molecular flexibility index (Phi) is 5.27. The first-order chi connectivity index (χ1) is 14.3. The summed E-state index contributed by atoms with van der Waals surface area (Å²) in [7, 11) is -3.84. The van der Waals surface area contributed by atoms with E-state index < -0.39 is 27.0 Å². The topological polar surface area (TPSA) is 111 Å². The minimum Gasteiger partial charge on any atom is -0.477 e. The Morgan fingerprint density at radius 1 is 1.07 bits per heavy atom. The third kappa shape index (κ3) is 3.67. The zero-order chi connectivity index (χ0) is 21.5. The number of nitrogens with zero attached hydrogens (tertiary/aromatic N) is 2. The molecule has 2 N–H and O–H groups in total. The van der Waals surface area contributed by atoms with E-state index in [1.165, 1.54) is 22.5 Å². The molecule has 3 aromatic rings. The Morgan fingerprint density at radius 3 is 2.47 bits per heavy atom. The van der Waals surface area contributed by atoms with Gasteiger partial charge in [0.15, 0.2) is 0 Å². The Morgan fingerprint density at radius 2 is 1.80 bits per heavy atom. The number of piperazine rings is 1. The van der Waals surface area contributed by atoms with Crippen molar-refractivity contribution in [3.8, 4) is 0 Å². The van der Waals surface area contributed by atoms with E-state index in [1.807, 2.05) is 18.2 Å². The summed E-state index contributed by atoms with van der Waals surface area (Å²) in [6.45, 7) is 1.55. The normalized spacial score (nSPS) is 15.4. The van der Waals surface area contributed by atoms with E-state index in [4.69, 9.17) is 16.7 Å². The number of pyridine rings is 1. The second kappa shape index (κ2) is 7.75. The number of aromatic amines is 1. The van der Waals surface area contributed by atoms with Crippen molar-refractivity contribution in [3.05, 3.63) is 69.5 Å². The summed E-state index contributed by atoms with van der Waals surface area (Å²) >= 11 is 6.04. The number of H-pyrrole nitrogens is 1. The molecule has 0 radical (unpaired) electrons. The van der Waals surface area contributed by atoms with E-state index in [9.17, 15) is 18.0 Å². The standard InChI is InChI=1S/C20H18ClN3O5S/c21-13-2-1-3-14(10-13)23-6-8-24(9-7-23)30(28,29)15-4-5-18-16(11-15)19(25)17(12-22-18)20(26)27/h1-5,10-12H,6-9H2,(H,22,25)(H,26,27). The fourth-order valence-electron chi connectivity index (χ4n) is 3.53. The summed E-state index contributed by atoms with van der Waals surface area (Å²) in [5.41, 5.74) is 0.138. The highest BCUT2D eigenvalue weighted by atomic mass is 35.5. The summed E-state index contributed by atoms with van der Waals surface area (Å²) in [5.74, 6) is -1.37. The third-order valence-electron chi connectivity index (χ3n) is 5.13. The van der Waals surface area contributed by atoms with Gasteiger partial charge in [0.25, 0.3) is 0 Å². The van der Waals surface area contributed by atoms with Crippen molar-refractivity contribution in [3.63, 3.8) is 0 Å². The maximum atomic E-state index is 13.1. The highest BCUT2D eigenvalue weighted by Gasteiger charge is 2.29. The first-order valence-corrected chi connectivity index (χ1v) is 11.0. The number of benzene rings is 2. The molecule has 0 saturated carbocycles. The average Bonchev–Trinajstić information content (AvgIpc) is 2.73. The van der Waals surface area contributed by atoms with Crippen LogP contribution in [-0.4, -0.2) is 55.0 Å². The number of hydrogen-bond acceptors (Lipinski definition) is 5. The van der Waals surface area contributed by atoms with Crippen LogP contribution >= 0.6 is 11.6 Å². The molecular weight excluding hydrogens is 430 g/mol. The van der Waals surface area contributed by atoms with E-state index >= 15 is 0 Å². The fraction of sp³-hybridized carbons (Fsp3) is 0.200. The molecule has 0 bridgehead atoms. The number of aromatic carboxylic acids is 1. The molecule has 2 aromatic carbocycles. The van der Waals surface area contributed by atoms with Crippen LogP contribution in [0.3, 0.4) is 0 Å². The van der Waals surface area contributed by atoms with Crippen molar-refractivity contribution in [1.82, 2.24) is 9.29 Å². The highest BCUT2D eigenvalue weighted by molar-refractivity contribution is 7.89. The zero-order valence-corrected chi connectivity index (χ0v) is 17.3. The number of fused-ring (bicyclic) bond motifs is 1. The number of aromatic nitrogens is 1. The van der Waals surface area contributed by atoms with Crippen molar-refractivity contribution in [2.24, 2.45) is 0 Å². The molecule has 10 heteroatoms. The molecule has 0 unspecified atom stereocenters. The number of hydrogen-bond donors (Lipinski definition) is 2. The van der Waals surface area contributed by atoms with E-state index in [1.54, 1.807) is 6.07 Å². The predicted octanol–water partition coefficient (Wildman–Crippen LogP) is 2.39. The maximum Gasteiger partial charge on any atom is 0.341 e. The van der Waals surface area contributed by atoms with Crippen LogP contribution in [0.5, 0.6) is 0 Å². The van der Waals surface area contributed by atoms with Crippen molar-refractivity contribution in [2.45, 2.75) is 4.90 Å². The predicted molar refractivity (Wildman–Crippen MR) is 114 cm³/mol. The number of nitrogens with one attached hydrogen (secondary N) is 1. The highest BCUT2D eigenvalue weighted by Crippen LogP contribution is 2.24. The minimum atomic E-state index is -3.84. The van der Waals surface area contributed by atoms with Crippen molar-refractivity contribution >= 4 is 44.2 Å². The van der Waals surface area contributed by atoms with Crippen LogP contribution < -0.4 is 10.3 Å². The molecule has 1 saturated heterocycles. The lowest BCUT2D eigenvalue weighted by atomic mass is 10.1. The summed E-state index contributed by atoms with van der Waals surface area (Å²) < 4.78 is 27.6. The average molecular weight is 448 g/mol. The van der Waals surface area contributed by atoms with Gasteiger partial charge < -0.3 is 15.0 Å². The minimum absolute atomic E-state index is 0.0218. The molecule has 30 heavy (non-hydrogen) atoms. The molecule has 0 aliphatic carbocycles. The van der Waals surface area contributed by atoms with Crippen LogP contribution in [0.25, 0.3) is 10.9 Å². The van der Waals surface area contributed by atoms with Gasteiger partial charge in [-0.25, -0.2) is 13.2 Å². The molecule has 0 atom stereocenters. The van der Waals surface area contributed by atoms with E-state index in [0.717, 1.165) is 11.9 Å². The molecule has 1 aromatic heterocycles. The number of sulfonamides is 1. The van der Waals surface area contributed by atoms with Crippen LogP contribution in [0.1, 0.15) is 10.4 Å². The Bertz CT molecular complexity index is 1300. The molecule has 0 spiro atoms. The van der Waals surface area contributed by atoms with Gasteiger partial charge in [-0.3, -0.25) is 4.79 Å². The van der Waals surface area contributed by atoms with Gasteiger partial charge in [-0.1, -0.05) is 17.7 Å². The van der Waals surface area contributed by atoms with E-state index in [0.29, 0.717) is 23.6 Å².